The van der Waals surface area contributed by atoms with Gasteiger partial charge in [-0.05, 0) is 40.8 Å². The van der Waals surface area contributed by atoms with Crippen LogP contribution in [0.4, 0.5) is 5.69 Å². The van der Waals surface area contributed by atoms with E-state index < -0.39 is 0 Å². The average Bonchev–Trinajstić information content (AvgIpc) is 2.29. The van der Waals surface area contributed by atoms with E-state index in [0.717, 1.165) is 11.4 Å². The van der Waals surface area contributed by atoms with E-state index in [1.54, 1.807) is 25.2 Å². The number of methoxy groups -OCH3 is 1. The zero-order valence-corrected chi connectivity index (χ0v) is 10.7. The van der Waals surface area contributed by atoms with Crippen molar-refractivity contribution < 1.29 is 14.3 Å². The van der Waals surface area contributed by atoms with Crippen LogP contribution in [0, 0.1) is 0 Å². The number of halogens is 1. The maximum atomic E-state index is 11.3. The Morgan fingerprint density at radius 3 is 2.80 bits per heavy atom. The van der Waals surface area contributed by atoms with Gasteiger partial charge in [-0.25, -0.2) is 4.79 Å². The lowest BCUT2D eigenvalue weighted by atomic mass is 10.2. The molecule has 82 valence electrons. The molecule has 1 aromatic rings. The predicted molar refractivity (Wildman–Crippen MR) is 66.8 cm³/mol. The van der Waals surface area contributed by atoms with Crippen LogP contribution in [0.1, 0.15) is 10.4 Å². The number of benzene rings is 1. The van der Waals surface area contributed by atoms with Gasteiger partial charge in [-0.1, -0.05) is 0 Å². The fraction of sp³-hybridized carbons (Fsp3) is 0.300. The van der Waals surface area contributed by atoms with E-state index in [1.807, 2.05) is 0 Å². The summed E-state index contributed by atoms with van der Waals surface area (Å²) in [7, 11) is 3.13. The van der Waals surface area contributed by atoms with Gasteiger partial charge in [-0.15, -0.1) is 0 Å². The van der Waals surface area contributed by atoms with Crippen molar-refractivity contribution in [3.63, 3.8) is 0 Å². The molecular formula is C10H12INO3. The van der Waals surface area contributed by atoms with E-state index in [-0.39, 0.29) is 5.97 Å². The summed E-state index contributed by atoms with van der Waals surface area (Å²) in [4.78, 5) is 11.3. The molecule has 0 amide bonds. The predicted octanol–water partition coefficient (Wildman–Crippen LogP) is 2.29. The van der Waals surface area contributed by atoms with Crippen molar-refractivity contribution in [2.75, 3.05) is 24.1 Å². The van der Waals surface area contributed by atoms with Gasteiger partial charge in [0, 0.05) is 7.05 Å². The van der Waals surface area contributed by atoms with E-state index in [9.17, 15) is 4.79 Å². The summed E-state index contributed by atoms with van der Waals surface area (Å²) in [6.07, 6.45) is 0. The van der Waals surface area contributed by atoms with Crippen molar-refractivity contribution in [1.82, 2.24) is 0 Å². The second-order valence-electron chi connectivity index (χ2n) is 2.71. The lowest BCUT2D eigenvalue weighted by Crippen LogP contribution is -2.03. The molecule has 15 heavy (non-hydrogen) atoms. The molecule has 0 aromatic heterocycles. The highest BCUT2D eigenvalue weighted by molar-refractivity contribution is 14.1. The molecule has 0 saturated carbocycles. The Kier molecular flexibility index (Phi) is 4.67. The number of anilines is 1. The smallest absolute Gasteiger partial charge is 0.337 e. The first-order valence-electron chi connectivity index (χ1n) is 4.31. The van der Waals surface area contributed by atoms with Gasteiger partial charge < -0.3 is 14.8 Å². The molecule has 0 aliphatic heterocycles. The molecule has 0 unspecified atom stereocenters. The molecule has 4 nitrogen and oxygen atoms in total. The van der Waals surface area contributed by atoms with Crippen LogP contribution in [0.5, 0.6) is 5.75 Å². The van der Waals surface area contributed by atoms with Crippen molar-refractivity contribution >= 4 is 34.2 Å². The minimum atomic E-state index is -0.354. The van der Waals surface area contributed by atoms with E-state index in [1.165, 1.54) is 7.11 Å². The van der Waals surface area contributed by atoms with Crippen LogP contribution in [0.2, 0.25) is 0 Å². The molecule has 5 heteroatoms. The fourth-order valence-electron chi connectivity index (χ4n) is 1.15. The zero-order chi connectivity index (χ0) is 11.3. The number of carbonyl (C=O) groups excluding carboxylic acids is 1. The molecule has 1 rings (SSSR count). The molecule has 0 spiro atoms. The number of hydrogen-bond donors (Lipinski definition) is 1. The van der Waals surface area contributed by atoms with Crippen LogP contribution >= 0.6 is 22.6 Å². The second kappa shape index (κ2) is 5.79. The fourth-order valence-corrected chi connectivity index (χ4v) is 1.49. The Bertz CT molecular complexity index is 355. The molecule has 0 aliphatic rings. The van der Waals surface area contributed by atoms with Gasteiger partial charge in [-0.3, -0.25) is 0 Å². The van der Waals surface area contributed by atoms with Crippen LogP contribution in [0.25, 0.3) is 0 Å². The maximum Gasteiger partial charge on any atom is 0.337 e. The van der Waals surface area contributed by atoms with E-state index in [0.29, 0.717) is 10.2 Å². The van der Waals surface area contributed by atoms with Gasteiger partial charge in [0.2, 0.25) is 0 Å². The van der Waals surface area contributed by atoms with Gasteiger partial charge in [0.05, 0.1) is 18.4 Å². The Morgan fingerprint density at radius 2 is 2.27 bits per heavy atom. The first-order valence-corrected chi connectivity index (χ1v) is 5.84. The average molecular weight is 321 g/mol. The summed E-state index contributed by atoms with van der Waals surface area (Å²) < 4.78 is 10.6. The van der Waals surface area contributed by atoms with Gasteiger partial charge in [-0.2, -0.15) is 0 Å². The van der Waals surface area contributed by atoms with Crippen LogP contribution in [0.15, 0.2) is 18.2 Å². The standard InChI is InChI=1S/C10H12INO3/c1-12-8-5-7(10(13)14-2)3-4-9(8)15-6-11/h3-5,12H,6H2,1-2H3. The number of rotatable bonds is 4. The number of hydrogen-bond acceptors (Lipinski definition) is 4. The Hall–Kier alpha value is -0.980. The third-order valence-electron chi connectivity index (χ3n) is 1.88. The topological polar surface area (TPSA) is 47.6 Å². The van der Waals surface area contributed by atoms with Gasteiger partial charge >= 0.3 is 5.97 Å². The quantitative estimate of drug-likeness (QED) is 0.525. The van der Waals surface area contributed by atoms with Crippen molar-refractivity contribution in [1.29, 1.82) is 0 Å². The first-order chi connectivity index (χ1) is 7.22. The first kappa shape index (κ1) is 12.1. The van der Waals surface area contributed by atoms with Crippen LogP contribution in [-0.4, -0.2) is 24.7 Å². The molecule has 1 N–H and O–H groups in total. The highest BCUT2D eigenvalue weighted by Crippen LogP contribution is 2.26. The Morgan fingerprint density at radius 1 is 1.53 bits per heavy atom. The van der Waals surface area contributed by atoms with Crippen molar-refractivity contribution in [2.45, 2.75) is 0 Å². The van der Waals surface area contributed by atoms with Crippen molar-refractivity contribution in [3.05, 3.63) is 23.8 Å². The SMILES string of the molecule is CNc1cc(C(=O)OC)ccc1OCI. The molecule has 0 saturated heterocycles. The zero-order valence-electron chi connectivity index (χ0n) is 8.54. The molecule has 0 fully saturated rings. The maximum absolute atomic E-state index is 11.3. The second-order valence-corrected chi connectivity index (χ2v) is 3.33. The minimum Gasteiger partial charge on any atom is -0.481 e. The number of nitrogens with one attached hydrogen (secondary N) is 1. The summed E-state index contributed by atoms with van der Waals surface area (Å²) in [5, 5.41) is 2.96. The van der Waals surface area contributed by atoms with Crippen LogP contribution < -0.4 is 10.1 Å². The monoisotopic (exact) mass is 321 g/mol. The largest absolute Gasteiger partial charge is 0.481 e. The van der Waals surface area contributed by atoms with Crippen LogP contribution in [0.3, 0.4) is 0 Å². The van der Waals surface area contributed by atoms with Crippen LogP contribution in [-0.2, 0) is 4.74 Å². The number of ether oxygens (including phenoxy) is 2. The summed E-state index contributed by atoms with van der Waals surface area (Å²) >= 11 is 2.11. The van der Waals surface area contributed by atoms with Crippen molar-refractivity contribution in [2.24, 2.45) is 0 Å². The molecule has 0 aliphatic carbocycles. The molecule has 1 aromatic carbocycles. The minimum absolute atomic E-state index is 0.354. The molecule has 0 atom stereocenters. The van der Waals surface area contributed by atoms with E-state index in [2.05, 4.69) is 32.6 Å². The van der Waals surface area contributed by atoms with Gasteiger partial charge in [0.15, 0.2) is 0 Å². The Balaban J connectivity index is 3.01. The van der Waals surface area contributed by atoms with Gasteiger partial charge in [0.25, 0.3) is 0 Å². The Labute approximate surface area is 102 Å². The normalized spacial score (nSPS) is 9.53. The summed E-state index contributed by atoms with van der Waals surface area (Å²) in [6.45, 7) is 0. The highest BCUT2D eigenvalue weighted by atomic mass is 127. The molecule has 0 heterocycles. The van der Waals surface area contributed by atoms with Gasteiger partial charge in [0.1, 0.15) is 10.4 Å². The summed E-state index contributed by atoms with van der Waals surface area (Å²) in [5.74, 6) is 0.368. The highest BCUT2D eigenvalue weighted by Gasteiger charge is 2.09. The summed E-state index contributed by atoms with van der Waals surface area (Å²) in [5.41, 5.74) is 1.28. The number of alkyl halides is 1. The molecule has 0 radical (unpaired) electrons. The third-order valence-corrected chi connectivity index (χ3v) is 2.19. The summed E-state index contributed by atoms with van der Waals surface area (Å²) in [6, 6.07) is 5.12. The van der Waals surface area contributed by atoms with E-state index >= 15 is 0 Å². The third kappa shape index (κ3) is 2.98. The number of esters is 1. The number of carbonyl (C=O) groups is 1. The molecule has 0 bridgehead atoms. The lowest BCUT2D eigenvalue weighted by molar-refractivity contribution is 0.0601. The molecular weight excluding hydrogens is 309 g/mol. The van der Waals surface area contributed by atoms with E-state index in [4.69, 9.17) is 4.74 Å². The lowest BCUT2D eigenvalue weighted by Gasteiger charge is -2.10. The van der Waals surface area contributed by atoms with Crippen molar-refractivity contribution in [3.8, 4) is 5.75 Å².